The number of rotatable bonds is 4. The summed E-state index contributed by atoms with van der Waals surface area (Å²) in [6, 6.07) is 11.3. The highest BCUT2D eigenvalue weighted by Crippen LogP contribution is 2.24. The Morgan fingerprint density at radius 1 is 1.20 bits per heavy atom. The van der Waals surface area contributed by atoms with Crippen molar-refractivity contribution in [3.8, 4) is 17.0 Å². The maximum Gasteiger partial charge on any atom is 0.421 e. The monoisotopic (exact) mass is 340 g/mol. The zero-order valence-corrected chi connectivity index (χ0v) is 14.1. The zero-order chi connectivity index (χ0) is 17.2. The molecule has 1 aromatic carbocycles. The second kappa shape index (κ2) is 6.72. The molecule has 0 unspecified atom stereocenters. The van der Waals surface area contributed by atoms with Crippen LogP contribution in [0.3, 0.4) is 0 Å². The van der Waals surface area contributed by atoms with Crippen molar-refractivity contribution in [2.45, 2.75) is 31.9 Å². The van der Waals surface area contributed by atoms with Gasteiger partial charge in [-0.25, -0.2) is 9.78 Å². The molecule has 1 fully saturated rings. The minimum atomic E-state index is -0.386. The summed E-state index contributed by atoms with van der Waals surface area (Å²) in [5.41, 5.74) is 2.80. The number of oxazole rings is 1. The van der Waals surface area contributed by atoms with Crippen molar-refractivity contribution in [1.82, 2.24) is 9.55 Å². The summed E-state index contributed by atoms with van der Waals surface area (Å²) in [7, 11) is 1.64. The van der Waals surface area contributed by atoms with E-state index in [4.69, 9.17) is 13.9 Å². The molecule has 0 aliphatic carbocycles. The van der Waals surface area contributed by atoms with Gasteiger partial charge in [0.25, 0.3) is 0 Å². The van der Waals surface area contributed by atoms with Crippen LogP contribution in [0.2, 0.25) is 0 Å². The maximum absolute atomic E-state index is 12.2. The fourth-order valence-corrected chi connectivity index (χ4v) is 3.18. The van der Waals surface area contributed by atoms with Crippen molar-refractivity contribution in [2.24, 2.45) is 0 Å². The Hall–Kier alpha value is -2.60. The van der Waals surface area contributed by atoms with Crippen LogP contribution in [-0.4, -0.2) is 29.4 Å². The molecular weight excluding hydrogens is 320 g/mol. The largest absolute Gasteiger partial charge is 0.497 e. The molecule has 4 rings (SSSR count). The summed E-state index contributed by atoms with van der Waals surface area (Å²) in [5, 5.41) is 0. The summed E-state index contributed by atoms with van der Waals surface area (Å²) < 4.78 is 17.9. The van der Waals surface area contributed by atoms with Crippen molar-refractivity contribution in [3.05, 3.63) is 46.9 Å². The van der Waals surface area contributed by atoms with Crippen LogP contribution in [0.1, 0.15) is 19.3 Å². The Morgan fingerprint density at radius 2 is 2.04 bits per heavy atom. The number of hydrogen-bond donors (Lipinski definition) is 0. The van der Waals surface area contributed by atoms with Crippen molar-refractivity contribution in [2.75, 3.05) is 13.7 Å². The van der Waals surface area contributed by atoms with Gasteiger partial charge in [-0.3, -0.25) is 4.57 Å². The van der Waals surface area contributed by atoms with Gasteiger partial charge >= 0.3 is 5.76 Å². The van der Waals surface area contributed by atoms with E-state index < -0.39 is 0 Å². The van der Waals surface area contributed by atoms with E-state index in [0.29, 0.717) is 17.8 Å². The van der Waals surface area contributed by atoms with Gasteiger partial charge in [-0.05, 0) is 55.7 Å². The smallest absolute Gasteiger partial charge is 0.421 e. The van der Waals surface area contributed by atoms with Gasteiger partial charge in [0.15, 0.2) is 11.2 Å². The molecule has 0 saturated carbocycles. The van der Waals surface area contributed by atoms with Crippen LogP contribution < -0.4 is 10.5 Å². The Bertz CT molecular complexity index is 921. The first kappa shape index (κ1) is 15.9. The molecule has 0 spiro atoms. The molecule has 130 valence electrons. The van der Waals surface area contributed by atoms with E-state index in [1.54, 1.807) is 17.7 Å². The lowest BCUT2D eigenvalue weighted by Gasteiger charge is -2.22. The van der Waals surface area contributed by atoms with Gasteiger partial charge in [-0.2, -0.15) is 0 Å². The van der Waals surface area contributed by atoms with Crippen LogP contribution in [0.25, 0.3) is 22.5 Å². The number of ether oxygens (including phenoxy) is 2. The molecule has 0 bridgehead atoms. The maximum atomic E-state index is 12.2. The molecular formula is C19H20N2O4. The third kappa shape index (κ3) is 3.17. The molecule has 2 aromatic heterocycles. The summed E-state index contributed by atoms with van der Waals surface area (Å²) in [5.74, 6) is 0.406. The van der Waals surface area contributed by atoms with Gasteiger partial charge in [0.2, 0.25) is 0 Å². The standard InChI is InChI=1S/C19H20N2O4/c1-23-14-7-5-13(6-8-14)16-9-10-17-18(20-16)21(19(22)25-17)12-15-4-2-3-11-24-15/h5-10,15H,2-4,11-12H2,1H3/t15-/m0/s1. The SMILES string of the molecule is COc1ccc(-c2ccc3oc(=O)n(C[C@@H]4CCCCO4)c3n2)cc1. The first-order valence-corrected chi connectivity index (χ1v) is 8.51. The van der Waals surface area contributed by atoms with Gasteiger partial charge in [-0.15, -0.1) is 0 Å². The van der Waals surface area contributed by atoms with Gasteiger partial charge in [0.1, 0.15) is 5.75 Å². The highest BCUT2D eigenvalue weighted by atomic mass is 16.5. The molecule has 1 atom stereocenters. The third-order valence-electron chi connectivity index (χ3n) is 4.56. The number of hydrogen-bond acceptors (Lipinski definition) is 5. The molecule has 1 aliphatic heterocycles. The Balaban J connectivity index is 1.70. The lowest BCUT2D eigenvalue weighted by atomic mass is 10.1. The minimum Gasteiger partial charge on any atom is -0.497 e. The Labute approximate surface area is 145 Å². The molecule has 0 N–H and O–H groups in total. The van der Waals surface area contributed by atoms with Gasteiger partial charge in [0, 0.05) is 12.2 Å². The second-order valence-corrected chi connectivity index (χ2v) is 6.21. The van der Waals surface area contributed by atoms with E-state index in [9.17, 15) is 4.79 Å². The quantitative estimate of drug-likeness (QED) is 0.729. The molecule has 0 radical (unpaired) electrons. The van der Waals surface area contributed by atoms with Crippen molar-refractivity contribution in [1.29, 1.82) is 0 Å². The van der Waals surface area contributed by atoms with E-state index in [1.165, 1.54) is 0 Å². The number of nitrogens with zero attached hydrogens (tertiary/aromatic N) is 2. The summed E-state index contributed by atoms with van der Waals surface area (Å²) in [6.45, 7) is 1.23. The number of pyridine rings is 1. The van der Waals surface area contributed by atoms with Crippen LogP contribution in [-0.2, 0) is 11.3 Å². The topological polar surface area (TPSA) is 66.5 Å². The van der Waals surface area contributed by atoms with Gasteiger partial charge in [-0.1, -0.05) is 0 Å². The van der Waals surface area contributed by atoms with Crippen LogP contribution in [0, 0.1) is 0 Å². The summed E-state index contributed by atoms with van der Waals surface area (Å²) >= 11 is 0. The van der Waals surface area contributed by atoms with Crippen LogP contribution >= 0.6 is 0 Å². The first-order chi connectivity index (χ1) is 12.2. The van der Waals surface area contributed by atoms with Crippen molar-refractivity contribution in [3.63, 3.8) is 0 Å². The number of methoxy groups -OCH3 is 1. The zero-order valence-electron chi connectivity index (χ0n) is 14.1. The highest BCUT2D eigenvalue weighted by molar-refractivity contribution is 5.73. The molecule has 1 aliphatic rings. The summed E-state index contributed by atoms with van der Waals surface area (Å²) in [4.78, 5) is 16.9. The first-order valence-electron chi connectivity index (χ1n) is 8.51. The lowest BCUT2D eigenvalue weighted by Crippen LogP contribution is -2.28. The average molecular weight is 340 g/mol. The molecule has 1 saturated heterocycles. The molecule has 3 aromatic rings. The molecule has 0 amide bonds. The Kier molecular flexibility index (Phi) is 4.28. The number of aromatic nitrogens is 2. The van der Waals surface area contributed by atoms with Gasteiger partial charge in [0.05, 0.1) is 25.5 Å². The average Bonchev–Trinajstić information content (AvgIpc) is 2.97. The van der Waals surface area contributed by atoms with Crippen LogP contribution in [0.4, 0.5) is 0 Å². The van der Waals surface area contributed by atoms with E-state index in [2.05, 4.69) is 4.98 Å². The van der Waals surface area contributed by atoms with E-state index in [1.807, 2.05) is 30.3 Å². The number of benzene rings is 1. The second-order valence-electron chi connectivity index (χ2n) is 6.21. The molecule has 3 heterocycles. The van der Waals surface area contributed by atoms with E-state index >= 15 is 0 Å². The van der Waals surface area contributed by atoms with E-state index in [0.717, 1.165) is 42.9 Å². The number of fused-ring (bicyclic) bond motifs is 1. The van der Waals surface area contributed by atoms with Crippen LogP contribution in [0.15, 0.2) is 45.6 Å². The van der Waals surface area contributed by atoms with E-state index in [-0.39, 0.29) is 11.9 Å². The third-order valence-corrected chi connectivity index (χ3v) is 4.56. The van der Waals surface area contributed by atoms with Crippen LogP contribution in [0.5, 0.6) is 5.75 Å². The molecule has 6 nitrogen and oxygen atoms in total. The lowest BCUT2D eigenvalue weighted by molar-refractivity contribution is 0.00551. The summed E-state index contributed by atoms with van der Waals surface area (Å²) in [6.07, 6.45) is 3.20. The highest BCUT2D eigenvalue weighted by Gasteiger charge is 2.19. The Morgan fingerprint density at radius 3 is 2.76 bits per heavy atom. The van der Waals surface area contributed by atoms with Gasteiger partial charge < -0.3 is 13.9 Å². The molecule has 25 heavy (non-hydrogen) atoms. The fraction of sp³-hybridized carbons (Fsp3) is 0.368. The predicted molar refractivity (Wildman–Crippen MR) is 93.8 cm³/mol. The fourth-order valence-electron chi connectivity index (χ4n) is 3.18. The minimum absolute atomic E-state index is 0.0405. The normalized spacial score (nSPS) is 17.7. The van der Waals surface area contributed by atoms with Crippen molar-refractivity contribution < 1.29 is 13.9 Å². The van der Waals surface area contributed by atoms with Crippen molar-refractivity contribution >= 4 is 11.2 Å². The predicted octanol–water partition coefficient (Wildman–Crippen LogP) is 3.23. The molecule has 6 heteroatoms.